The third kappa shape index (κ3) is 1.54. The lowest BCUT2D eigenvalue weighted by Gasteiger charge is -2.41. The zero-order chi connectivity index (χ0) is 17.0. The van der Waals surface area contributed by atoms with E-state index in [0.717, 1.165) is 18.8 Å². The first kappa shape index (κ1) is 14.2. The third-order valence-corrected chi connectivity index (χ3v) is 8.65. The van der Waals surface area contributed by atoms with Crippen molar-refractivity contribution in [3.8, 4) is 0 Å². The van der Waals surface area contributed by atoms with Crippen molar-refractivity contribution in [3.63, 3.8) is 0 Å². The third-order valence-electron chi connectivity index (χ3n) is 8.65. The molecule has 0 radical (unpaired) electrons. The summed E-state index contributed by atoms with van der Waals surface area (Å²) in [5.41, 5.74) is 8.59. The first-order valence-electron chi connectivity index (χ1n) is 10.6. The molecule has 1 saturated carbocycles. The predicted octanol–water partition coefficient (Wildman–Crippen LogP) is 3.91. The van der Waals surface area contributed by atoms with E-state index < -0.39 is 0 Å². The standard InChI is InChI=1S/C25H24O/c26-24-6-5-23-20-12-18-9-14(1-2-16(18)11-21(20)24)15-3-4-22-19(10-15)17-7-8-25(22,23)13-17/h1-2,9,11-12,15,17,21H,3-8,10,13H2. The minimum atomic E-state index is 0.0214. The van der Waals surface area contributed by atoms with Crippen molar-refractivity contribution in [1.82, 2.24) is 0 Å². The lowest BCUT2D eigenvalue weighted by Crippen LogP contribution is -2.36. The van der Waals surface area contributed by atoms with Gasteiger partial charge in [0.25, 0.3) is 0 Å². The summed E-state index contributed by atoms with van der Waals surface area (Å²) < 4.78 is 0. The molecule has 1 heteroatoms. The summed E-state index contributed by atoms with van der Waals surface area (Å²) in [5, 5.41) is 2.64. The average Bonchev–Trinajstić information content (AvgIpc) is 3.24. The van der Waals surface area contributed by atoms with E-state index in [1.807, 2.05) is 11.1 Å². The molecule has 1 aromatic rings. The lowest BCUT2D eigenvalue weighted by atomic mass is 9.63. The largest absolute Gasteiger partial charge is 0.299 e. The van der Waals surface area contributed by atoms with Crippen LogP contribution in [0.1, 0.15) is 62.8 Å². The van der Waals surface area contributed by atoms with Gasteiger partial charge in [-0.1, -0.05) is 47.1 Å². The van der Waals surface area contributed by atoms with Crippen molar-refractivity contribution in [3.05, 3.63) is 56.5 Å². The molecule has 0 saturated heterocycles. The average molecular weight is 340 g/mol. The van der Waals surface area contributed by atoms with Crippen LogP contribution >= 0.6 is 0 Å². The summed E-state index contributed by atoms with van der Waals surface area (Å²) >= 11 is 0. The van der Waals surface area contributed by atoms with E-state index in [1.165, 1.54) is 60.1 Å². The maximum Gasteiger partial charge on any atom is 0.144 e. The van der Waals surface area contributed by atoms with Crippen LogP contribution in [0.3, 0.4) is 0 Å². The van der Waals surface area contributed by atoms with Gasteiger partial charge in [0.1, 0.15) is 5.78 Å². The second-order valence-electron chi connectivity index (χ2n) is 9.54. The van der Waals surface area contributed by atoms with Gasteiger partial charge in [-0.05, 0) is 78.4 Å². The Balaban J connectivity index is 1.63. The Hall–Kier alpha value is -1.89. The molecule has 1 aromatic carbocycles. The maximum atomic E-state index is 12.8. The Morgan fingerprint density at radius 1 is 0.962 bits per heavy atom. The van der Waals surface area contributed by atoms with Gasteiger partial charge in [-0.15, -0.1) is 0 Å². The van der Waals surface area contributed by atoms with Crippen LogP contribution in [0.15, 0.2) is 40.5 Å². The van der Waals surface area contributed by atoms with Gasteiger partial charge >= 0.3 is 0 Å². The second-order valence-corrected chi connectivity index (χ2v) is 9.54. The SMILES string of the molecule is O=C1CCC2=C3C=c4cc(ccc4=CC13)C1CCC3=C(C1)C1CCC32C1. The monoisotopic (exact) mass is 340 g/mol. The molecule has 0 heterocycles. The summed E-state index contributed by atoms with van der Waals surface area (Å²) in [6, 6.07) is 7.08. The Morgan fingerprint density at radius 3 is 2.88 bits per heavy atom. The van der Waals surface area contributed by atoms with Crippen LogP contribution in [-0.2, 0) is 4.79 Å². The van der Waals surface area contributed by atoms with Gasteiger partial charge in [-0.3, -0.25) is 4.79 Å². The highest BCUT2D eigenvalue weighted by Gasteiger charge is 2.55. The molecule has 26 heavy (non-hydrogen) atoms. The zero-order valence-electron chi connectivity index (χ0n) is 15.2. The summed E-state index contributed by atoms with van der Waals surface area (Å²) in [7, 11) is 0. The van der Waals surface area contributed by atoms with Gasteiger partial charge in [-0.2, -0.15) is 0 Å². The molecule has 0 aromatic heterocycles. The van der Waals surface area contributed by atoms with Crippen LogP contribution in [-0.4, -0.2) is 5.78 Å². The number of rotatable bonds is 0. The number of carbonyl (C=O) groups excluding carboxylic acids is 1. The smallest absolute Gasteiger partial charge is 0.144 e. The van der Waals surface area contributed by atoms with E-state index in [2.05, 4.69) is 30.4 Å². The van der Waals surface area contributed by atoms with Gasteiger partial charge in [0.05, 0.1) is 5.92 Å². The fourth-order valence-electron chi connectivity index (χ4n) is 7.54. The Morgan fingerprint density at radius 2 is 1.92 bits per heavy atom. The minimum Gasteiger partial charge on any atom is -0.299 e. The number of ketones is 1. The van der Waals surface area contributed by atoms with Crippen LogP contribution in [0.4, 0.5) is 0 Å². The molecule has 0 aliphatic heterocycles. The predicted molar refractivity (Wildman–Crippen MR) is 103 cm³/mol. The fraction of sp³-hybridized carbons (Fsp3) is 0.480. The normalized spacial score (nSPS) is 38.5. The second kappa shape index (κ2) is 4.50. The minimum absolute atomic E-state index is 0.0214. The number of carbonyl (C=O) groups is 1. The molecule has 7 aliphatic rings. The van der Waals surface area contributed by atoms with Crippen molar-refractivity contribution in [2.45, 2.75) is 57.3 Å². The molecule has 7 aliphatic carbocycles. The van der Waals surface area contributed by atoms with Gasteiger partial charge < -0.3 is 0 Å². The first-order valence-corrected chi connectivity index (χ1v) is 10.6. The molecule has 4 atom stereocenters. The summed E-state index contributed by atoms with van der Waals surface area (Å²) in [6.07, 6.45) is 14.5. The molecule has 1 spiro atoms. The fourth-order valence-corrected chi connectivity index (χ4v) is 7.54. The van der Waals surface area contributed by atoms with E-state index in [1.54, 1.807) is 5.57 Å². The molecular weight excluding hydrogens is 316 g/mol. The molecule has 4 unspecified atom stereocenters. The van der Waals surface area contributed by atoms with E-state index in [9.17, 15) is 4.79 Å². The summed E-state index contributed by atoms with van der Waals surface area (Å²) in [4.78, 5) is 12.8. The summed E-state index contributed by atoms with van der Waals surface area (Å²) in [6.45, 7) is 0. The van der Waals surface area contributed by atoms with Gasteiger partial charge in [0, 0.05) is 11.8 Å². The van der Waals surface area contributed by atoms with E-state index in [-0.39, 0.29) is 5.92 Å². The van der Waals surface area contributed by atoms with Crippen molar-refractivity contribution >= 4 is 17.9 Å². The molecule has 8 rings (SSSR count). The number of hydrogen-bond donors (Lipinski definition) is 0. The number of benzene rings is 1. The molecule has 0 amide bonds. The molecule has 1 nitrogen and oxygen atoms in total. The lowest BCUT2D eigenvalue weighted by molar-refractivity contribution is -0.120. The highest BCUT2D eigenvalue weighted by Crippen LogP contribution is 2.67. The zero-order valence-corrected chi connectivity index (χ0v) is 15.2. The van der Waals surface area contributed by atoms with Gasteiger partial charge in [-0.25, -0.2) is 0 Å². The Labute approximate surface area is 154 Å². The number of Topliss-reactive ketones (excluding diaryl/α,β-unsaturated/α-hetero) is 1. The summed E-state index contributed by atoms with van der Waals surface area (Å²) in [5.74, 6) is 2.00. The molecule has 8 bridgehead atoms. The highest BCUT2D eigenvalue weighted by molar-refractivity contribution is 5.94. The highest BCUT2D eigenvalue weighted by atomic mass is 16.1. The van der Waals surface area contributed by atoms with Gasteiger partial charge in [0.2, 0.25) is 0 Å². The Kier molecular flexibility index (Phi) is 2.46. The van der Waals surface area contributed by atoms with Crippen molar-refractivity contribution in [2.24, 2.45) is 17.3 Å². The number of hydrogen-bond acceptors (Lipinski definition) is 1. The van der Waals surface area contributed by atoms with Crippen LogP contribution < -0.4 is 10.4 Å². The maximum absolute atomic E-state index is 12.8. The molecular formula is C25H24O. The van der Waals surface area contributed by atoms with Crippen LogP contribution in [0, 0.1) is 17.3 Å². The Bertz CT molecular complexity index is 1080. The number of allylic oxidation sites excluding steroid dienone is 4. The quantitative estimate of drug-likeness (QED) is 0.654. The van der Waals surface area contributed by atoms with Crippen LogP contribution in [0.2, 0.25) is 0 Å². The van der Waals surface area contributed by atoms with Crippen molar-refractivity contribution in [2.75, 3.05) is 0 Å². The van der Waals surface area contributed by atoms with Crippen LogP contribution in [0.25, 0.3) is 12.2 Å². The van der Waals surface area contributed by atoms with E-state index in [0.29, 0.717) is 17.1 Å². The van der Waals surface area contributed by atoms with E-state index >= 15 is 0 Å². The van der Waals surface area contributed by atoms with Crippen molar-refractivity contribution < 1.29 is 4.79 Å². The van der Waals surface area contributed by atoms with Crippen LogP contribution in [0.5, 0.6) is 0 Å². The molecule has 1 fully saturated rings. The van der Waals surface area contributed by atoms with Crippen molar-refractivity contribution in [1.29, 1.82) is 0 Å². The van der Waals surface area contributed by atoms with E-state index in [4.69, 9.17) is 0 Å². The molecule has 0 N–H and O–H groups in total. The topological polar surface area (TPSA) is 17.1 Å². The number of fused-ring (bicyclic) bond motifs is 2. The first-order chi connectivity index (χ1) is 12.7. The molecule has 130 valence electrons. The van der Waals surface area contributed by atoms with Gasteiger partial charge in [0.15, 0.2) is 0 Å².